The third-order valence-electron chi connectivity index (χ3n) is 3.59. The second-order valence-corrected chi connectivity index (χ2v) is 5.04. The van der Waals surface area contributed by atoms with Gasteiger partial charge in [-0.05, 0) is 18.4 Å². The standard InChI is InChI=1S/C15H20N2O3/c18-14(19)13-9-5-2-6-10-17(13)15(20)16-11-12-7-3-1-4-8-12/h1,3-4,7-8,13H,2,5-6,9-11H2,(H,16,20)(H,18,19). The van der Waals surface area contributed by atoms with Crippen molar-refractivity contribution < 1.29 is 14.7 Å². The Kier molecular flexibility index (Phi) is 4.98. The summed E-state index contributed by atoms with van der Waals surface area (Å²) >= 11 is 0. The first-order valence-electron chi connectivity index (χ1n) is 6.99. The van der Waals surface area contributed by atoms with Crippen LogP contribution in [0.15, 0.2) is 30.3 Å². The first-order valence-corrected chi connectivity index (χ1v) is 6.99. The molecule has 1 aromatic carbocycles. The van der Waals surface area contributed by atoms with Gasteiger partial charge in [-0.3, -0.25) is 0 Å². The van der Waals surface area contributed by atoms with E-state index in [-0.39, 0.29) is 6.03 Å². The van der Waals surface area contributed by atoms with Crippen LogP contribution in [0, 0.1) is 0 Å². The molecule has 0 bridgehead atoms. The van der Waals surface area contributed by atoms with Crippen LogP contribution in [0.5, 0.6) is 0 Å². The zero-order chi connectivity index (χ0) is 14.4. The molecule has 1 atom stereocenters. The number of rotatable bonds is 3. The fourth-order valence-corrected chi connectivity index (χ4v) is 2.48. The Hall–Kier alpha value is -2.04. The van der Waals surface area contributed by atoms with Gasteiger partial charge in [-0.25, -0.2) is 9.59 Å². The van der Waals surface area contributed by atoms with Gasteiger partial charge in [0.2, 0.25) is 0 Å². The largest absolute Gasteiger partial charge is 0.480 e. The molecule has 1 unspecified atom stereocenters. The van der Waals surface area contributed by atoms with E-state index in [1.54, 1.807) is 0 Å². The summed E-state index contributed by atoms with van der Waals surface area (Å²) in [6.45, 7) is 0.931. The van der Waals surface area contributed by atoms with E-state index in [0.717, 1.165) is 24.8 Å². The normalized spacial score (nSPS) is 19.2. The molecule has 5 nitrogen and oxygen atoms in total. The lowest BCUT2D eigenvalue weighted by Crippen LogP contribution is -2.49. The highest BCUT2D eigenvalue weighted by Crippen LogP contribution is 2.17. The van der Waals surface area contributed by atoms with Crippen LogP contribution in [0.3, 0.4) is 0 Å². The molecule has 1 saturated heterocycles. The number of nitrogens with zero attached hydrogens (tertiary/aromatic N) is 1. The molecule has 0 spiro atoms. The molecule has 0 aliphatic carbocycles. The lowest BCUT2D eigenvalue weighted by Gasteiger charge is -2.27. The van der Waals surface area contributed by atoms with Crippen molar-refractivity contribution in [2.24, 2.45) is 0 Å². The predicted octanol–water partition coefficient (Wildman–Crippen LogP) is 2.23. The Morgan fingerprint density at radius 2 is 1.95 bits per heavy atom. The molecule has 2 rings (SSSR count). The molecule has 0 saturated carbocycles. The van der Waals surface area contributed by atoms with Crippen LogP contribution >= 0.6 is 0 Å². The van der Waals surface area contributed by atoms with E-state index in [2.05, 4.69) is 5.32 Å². The summed E-state index contributed by atoms with van der Waals surface area (Å²) in [5.74, 6) is -0.915. The van der Waals surface area contributed by atoms with Crippen LogP contribution in [0.4, 0.5) is 4.79 Å². The van der Waals surface area contributed by atoms with Crippen LogP contribution in [0.25, 0.3) is 0 Å². The SMILES string of the molecule is O=C(O)C1CCCCCN1C(=O)NCc1ccccc1. The topological polar surface area (TPSA) is 69.6 Å². The Morgan fingerprint density at radius 3 is 2.65 bits per heavy atom. The maximum atomic E-state index is 12.2. The van der Waals surface area contributed by atoms with E-state index >= 15 is 0 Å². The Labute approximate surface area is 118 Å². The molecule has 1 aromatic rings. The number of carboxylic acid groups (broad SMARTS) is 1. The van der Waals surface area contributed by atoms with Crippen molar-refractivity contribution in [1.29, 1.82) is 0 Å². The molecule has 1 heterocycles. The van der Waals surface area contributed by atoms with Crippen molar-refractivity contribution >= 4 is 12.0 Å². The molecule has 1 fully saturated rings. The number of aliphatic carboxylic acids is 1. The number of carbonyl (C=O) groups is 2. The smallest absolute Gasteiger partial charge is 0.326 e. The zero-order valence-electron chi connectivity index (χ0n) is 11.4. The molecule has 0 radical (unpaired) electrons. The number of carboxylic acids is 1. The fraction of sp³-hybridized carbons (Fsp3) is 0.467. The molecule has 2 amide bonds. The second kappa shape index (κ2) is 6.93. The van der Waals surface area contributed by atoms with Crippen LogP contribution in [-0.4, -0.2) is 34.6 Å². The van der Waals surface area contributed by atoms with Crippen molar-refractivity contribution in [2.75, 3.05) is 6.54 Å². The van der Waals surface area contributed by atoms with E-state index in [1.165, 1.54) is 4.90 Å². The number of benzene rings is 1. The van der Waals surface area contributed by atoms with Crippen molar-refractivity contribution in [3.63, 3.8) is 0 Å². The van der Waals surface area contributed by atoms with Crippen molar-refractivity contribution in [3.05, 3.63) is 35.9 Å². The third kappa shape index (κ3) is 3.73. The van der Waals surface area contributed by atoms with Crippen molar-refractivity contribution in [1.82, 2.24) is 10.2 Å². The molecular formula is C15H20N2O3. The van der Waals surface area contributed by atoms with E-state index in [0.29, 0.717) is 19.5 Å². The van der Waals surface area contributed by atoms with Gasteiger partial charge in [0.1, 0.15) is 6.04 Å². The molecular weight excluding hydrogens is 256 g/mol. The molecule has 108 valence electrons. The molecule has 2 N–H and O–H groups in total. The van der Waals surface area contributed by atoms with Gasteiger partial charge in [-0.1, -0.05) is 43.2 Å². The third-order valence-corrected chi connectivity index (χ3v) is 3.59. The summed E-state index contributed by atoms with van der Waals surface area (Å²) in [6.07, 6.45) is 3.24. The highest BCUT2D eigenvalue weighted by atomic mass is 16.4. The van der Waals surface area contributed by atoms with Crippen LogP contribution in [0.2, 0.25) is 0 Å². The summed E-state index contributed by atoms with van der Waals surface area (Å²) in [5.41, 5.74) is 1.00. The number of carbonyl (C=O) groups excluding carboxylic acids is 1. The van der Waals surface area contributed by atoms with Gasteiger partial charge in [-0.15, -0.1) is 0 Å². The summed E-state index contributed by atoms with van der Waals surface area (Å²) in [4.78, 5) is 24.9. The Balaban J connectivity index is 1.96. The average Bonchev–Trinajstić information content (AvgIpc) is 2.71. The molecule has 1 aliphatic rings. The lowest BCUT2D eigenvalue weighted by molar-refractivity contribution is -0.142. The number of likely N-dealkylation sites (tertiary alicyclic amines) is 1. The number of urea groups is 1. The Bertz CT molecular complexity index is 461. The summed E-state index contributed by atoms with van der Waals surface area (Å²) in [5, 5.41) is 12.1. The van der Waals surface area contributed by atoms with Crippen LogP contribution in [0.1, 0.15) is 31.2 Å². The molecule has 5 heteroatoms. The number of amides is 2. The van der Waals surface area contributed by atoms with Gasteiger partial charge >= 0.3 is 12.0 Å². The van der Waals surface area contributed by atoms with Gasteiger partial charge in [0, 0.05) is 13.1 Å². The number of hydrogen-bond donors (Lipinski definition) is 2. The minimum atomic E-state index is -0.915. The minimum absolute atomic E-state index is 0.289. The minimum Gasteiger partial charge on any atom is -0.480 e. The van der Waals surface area contributed by atoms with Crippen LogP contribution < -0.4 is 5.32 Å². The van der Waals surface area contributed by atoms with Gasteiger partial charge < -0.3 is 15.3 Å². The predicted molar refractivity (Wildman–Crippen MR) is 75.3 cm³/mol. The van der Waals surface area contributed by atoms with Crippen LogP contribution in [-0.2, 0) is 11.3 Å². The van der Waals surface area contributed by atoms with Gasteiger partial charge in [0.15, 0.2) is 0 Å². The van der Waals surface area contributed by atoms with Gasteiger partial charge in [-0.2, -0.15) is 0 Å². The highest BCUT2D eigenvalue weighted by Gasteiger charge is 2.30. The number of hydrogen-bond acceptors (Lipinski definition) is 2. The quantitative estimate of drug-likeness (QED) is 0.889. The summed E-state index contributed by atoms with van der Waals surface area (Å²) in [7, 11) is 0. The fourth-order valence-electron chi connectivity index (χ4n) is 2.48. The monoisotopic (exact) mass is 276 g/mol. The average molecular weight is 276 g/mol. The van der Waals surface area contributed by atoms with Gasteiger partial charge in [0.05, 0.1) is 0 Å². The van der Waals surface area contributed by atoms with E-state index in [1.807, 2.05) is 30.3 Å². The maximum Gasteiger partial charge on any atom is 0.326 e. The molecule has 20 heavy (non-hydrogen) atoms. The van der Waals surface area contributed by atoms with E-state index in [9.17, 15) is 14.7 Å². The van der Waals surface area contributed by atoms with E-state index in [4.69, 9.17) is 0 Å². The summed E-state index contributed by atoms with van der Waals surface area (Å²) < 4.78 is 0. The van der Waals surface area contributed by atoms with E-state index < -0.39 is 12.0 Å². The van der Waals surface area contributed by atoms with Crippen molar-refractivity contribution in [2.45, 2.75) is 38.3 Å². The number of nitrogens with one attached hydrogen (secondary N) is 1. The molecule has 1 aliphatic heterocycles. The summed E-state index contributed by atoms with van der Waals surface area (Å²) in [6, 6.07) is 8.60. The van der Waals surface area contributed by atoms with Crippen molar-refractivity contribution in [3.8, 4) is 0 Å². The first-order chi connectivity index (χ1) is 9.68. The molecule has 0 aromatic heterocycles. The lowest BCUT2D eigenvalue weighted by atomic mass is 10.1. The second-order valence-electron chi connectivity index (χ2n) is 5.04. The zero-order valence-corrected chi connectivity index (χ0v) is 11.4. The van der Waals surface area contributed by atoms with Gasteiger partial charge in [0.25, 0.3) is 0 Å². The first kappa shape index (κ1) is 14.4. The highest BCUT2D eigenvalue weighted by molar-refractivity contribution is 5.82. The Morgan fingerprint density at radius 1 is 1.20 bits per heavy atom. The maximum absolute atomic E-state index is 12.2.